The molecular formula is C25H27FN4O2. The molecule has 0 aliphatic heterocycles. The van der Waals surface area contributed by atoms with Crippen LogP contribution in [0.2, 0.25) is 0 Å². The molecule has 7 heteroatoms. The Morgan fingerprint density at radius 3 is 2.62 bits per heavy atom. The SMILES string of the molecule is CCC(C)NC(=O)Cn1c2ccc(F)cc2c2ncn(CC(C)c3ccccc3)c(=O)c21. The van der Waals surface area contributed by atoms with E-state index >= 15 is 0 Å². The Labute approximate surface area is 185 Å². The number of nitrogens with one attached hydrogen (secondary N) is 1. The third-order valence-electron chi connectivity index (χ3n) is 5.95. The Morgan fingerprint density at radius 1 is 1.16 bits per heavy atom. The lowest BCUT2D eigenvalue weighted by Crippen LogP contribution is -2.35. The second kappa shape index (κ2) is 8.94. The van der Waals surface area contributed by atoms with E-state index in [-0.39, 0.29) is 30.0 Å². The van der Waals surface area contributed by atoms with Gasteiger partial charge >= 0.3 is 0 Å². The molecule has 1 amide bonds. The molecule has 4 aromatic rings. The lowest BCUT2D eigenvalue weighted by molar-refractivity contribution is -0.122. The molecule has 0 aliphatic carbocycles. The fraction of sp³-hybridized carbons (Fsp3) is 0.320. The third-order valence-corrected chi connectivity index (χ3v) is 5.95. The first kappa shape index (κ1) is 21.7. The summed E-state index contributed by atoms with van der Waals surface area (Å²) in [5, 5.41) is 3.46. The van der Waals surface area contributed by atoms with Crippen molar-refractivity contribution in [3.63, 3.8) is 0 Å². The molecule has 166 valence electrons. The van der Waals surface area contributed by atoms with Crippen molar-refractivity contribution in [1.29, 1.82) is 0 Å². The van der Waals surface area contributed by atoms with E-state index in [1.165, 1.54) is 18.5 Å². The molecule has 0 saturated carbocycles. The zero-order valence-corrected chi connectivity index (χ0v) is 18.5. The first-order chi connectivity index (χ1) is 15.4. The normalized spacial score (nSPS) is 13.4. The van der Waals surface area contributed by atoms with Gasteiger partial charge in [0, 0.05) is 18.0 Å². The van der Waals surface area contributed by atoms with Gasteiger partial charge in [0.25, 0.3) is 5.56 Å². The molecule has 2 aromatic carbocycles. The lowest BCUT2D eigenvalue weighted by Gasteiger charge is -2.15. The third kappa shape index (κ3) is 4.15. The van der Waals surface area contributed by atoms with Crippen LogP contribution in [0.3, 0.4) is 0 Å². The number of carbonyl (C=O) groups excluding carboxylic acids is 1. The standard InChI is InChI=1S/C25H27FN4O2/c1-4-17(3)28-22(31)14-30-21-11-10-19(26)12-20(21)23-24(30)25(32)29(15-27-23)13-16(2)18-8-6-5-7-9-18/h5-12,15-17H,4,13-14H2,1-3H3,(H,28,31). The van der Waals surface area contributed by atoms with E-state index in [4.69, 9.17) is 0 Å². The van der Waals surface area contributed by atoms with Gasteiger partial charge in [0.15, 0.2) is 0 Å². The highest BCUT2D eigenvalue weighted by molar-refractivity contribution is 6.06. The molecule has 2 unspecified atom stereocenters. The van der Waals surface area contributed by atoms with E-state index in [1.54, 1.807) is 15.2 Å². The molecule has 0 spiro atoms. The molecule has 0 bridgehead atoms. The summed E-state index contributed by atoms with van der Waals surface area (Å²) in [6, 6.07) is 14.3. The van der Waals surface area contributed by atoms with E-state index < -0.39 is 5.82 Å². The fourth-order valence-corrected chi connectivity index (χ4v) is 4.01. The van der Waals surface area contributed by atoms with Crippen LogP contribution in [0.1, 0.15) is 38.7 Å². The van der Waals surface area contributed by atoms with Gasteiger partial charge in [-0.2, -0.15) is 0 Å². The smallest absolute Gasteiger partial charge is 0.277 e. The molecule has 2 heterocycles. The van der Waals surface area contributed by atoms with Crippen molar-refractivity contribution in [2.45, 2.75) is 52.2 Å². The first-order valence-corrected chi connectivity index (χ1v) is 10.9. The molecule has 1 N–H and O–H groups in total. The Bertz CT molecular complexity index is 1330. The van der Waals surface area contributed by atoms with Gasteiger partial charge in [-0.05, 0) is 43.0 Å². The fourth-order valence-electron chi connectivity index (χ4n) is 4.01. The van der Waals surface area contributed by atoms with Gasteiger partial charge in [-0.1, -0.05) is 44.2 Å². The minimum absolute atomic E-state index is 0.0227. The molecule has 2 atom stereocenters. The van der Waals surface area contributed by atoms with E-state index in [9.17, 15) is 14.0 Å². The molecule has 4 rings (SSSR count). The van der Waals surface area contributed by atoms with Gasteiger partial charge in [-0.3, -0.25) is 14.2 Å². The minimum atomic E-state index is -0.413. The number of hydrogen-bond acceptors (Lipinski definition) is 3. The summed E-state index contributed by atoms with van der Waals surface area (Å²) in [6.07, 6.45) is 2.31. The highest BCUT2D eigenvalue weighted by Crippen LogP contribution is 2.26. The summed E-state index contributed by atoms with van der Waals surface area (Å²) in [5.74, 6) is -0.517. The van der Waals surface area contributed by atoms with Crippen molar-refractivity contribution in [3.05, 3.63) is 76.6 Å². The summed E-state index contributed by atoms with van der Waals surface area (Å²) in [4.78, 5) is 30.7. The summed E-state index contributed by atoms with van der Waals surface area (Å²) in [7, 11) is 0. The highest BCUT2D eigenvalue weighted by Gasteiger charge is 2.20. The van der Waals surface area contributed by atoms with Crippen LogP contribution in [-0.4, -0.2) is 26.1 Å². The van der Waals surface area contributed by atoms with Crippen LogP contribution in [-0.2, 0) is 17.9 Å². The van der Waals surface area contributed by atoms with E-state index in [0.29, 0.717) is 28.5 Å². The molecule has 32 heavy (non-hydrogen) atoms. The maximum Gasteiger partial charge on any atom is 0.277 e. The topological polar surface area (TPSA) is 68.9 Å². The van der Waals surface area contributed by atoms with E-state index in [2.05, 4.69) is 17.2 Å². The molecular weight excluding hydrogens is 407 g/mol. The van der Waals surface area contributed by atoms with Crippen LogP contribution in [0.5, 0.6) is 0 Å². The van der Waals surface area contributed by atoms with Crippen molar-refractivity contribution in [2.24, 2.45) is 0 Å². The average Bonchev–Trinajstić information content (AvgIpc) is 3.09. The van der Waals surface area contributed by atoms with Crippen LogP contribution >= 0.6 is 0 Å². The molecule has 0 saturated heterocycles. The summed E-state index contributed by atoms with van der Waals surface area (Å²) in [6.45, 7) is 6.38. The number of amides is 1. The number of halogens is 1. The predicted molar refractivity (Wildman–Crippen MR) is 124 cm³/mol. The molecule has 2 aromatic heterocycles. The quantitative estimate of drug-likeness (QED) is 0.474. The second-order valence-electron chi connectivity index (χ2n) is 8.34. The van der Waals surface area contributed by atoms with Crippen molar-refractivity contribution in [2.75, 3.05) is 0 Å². The van der Waals surface area contributed by atoms with Gasteiger partial charge in [-0.25, -0.2) is 9.37 Å². The zero-order valence-electron chi connectivity index (χ0n) is 18.5. The number of hydrogen-bond donors (Lipinski definition) is 1. The molecule has 0 radical (unpaired) electrons. The second-order valence-corrected chi connectivity index (χ2v) is 8.34. The summed E-state index contributed by atoms with van der Waals surface area (Å²) < 4.78 is 17.2. The number of benzene rings is 2. The molecule has 0 aliphatic rings. The van der Waals surface area contributed by atoms with Crippen LogP contribution < -0.4 is 10.9 Å². The van der Waals surface area contributed by atoms with Crippen molar-refractivity contribution in [3.8, 4) is 0 Å². The Morgan fingerprint density at radius 2 is 1.91 bits per heavy atom. The Kier molecular flexibility index (Phi) is 6.08. The van der Waals surface area contributed by atoms with Gasteiger partial charge < -0.3 is 9.88 Å². The summed E-state index contributed by atoms with van der Waals surface area (Å²) >= 11 is 0. The van der Waals surface area contributed by atoms with Crippen LogP contribution in [0.15, 0.2) is 59.7 Å². The predicted octanol–water partition coefficient (Wildman–Crippen LogP) is 4.21. The van der Waals surface area contributed by atoms with Crippen LogP contribution in [0.4, 0.5) is 4.39 Å². The monoisotopic (exact) mass is 434 g/mol. The van der Waals surface area contributed by atoms with Gasteiger partial charge in [0.2, 0.25) is 5.91 Å². The largest absolute Gasteiger partial charge is 0.352 e. The maximum absolute atomic E-state index is 14.0. The highest BCUT2D eigenvalue weighted by atomic mass is 19.1. The lowest BCUT2D eigenvalue weighted by atomic mass is 10.0. The van der Waals surface area contributed by atoms with Crippen molar-refractivity contribution in [1.82, 2.24) is 19.4 Å². The molecule has 0 fully saturated rings. The van der Waals surface area contributed by atoms with Gasteiger partial charge in [0.05, 0.1) is 11.8 Å². The number of aromatic nitrogens is 3. The number of carbonyl (C=O) groups is 1. The van der Waals surface area contributed by atoms with Crippen LogP contribution in [0, 0.1) is 5.82 Å². The average molecular weight is 435 g/mol. The minimum Gasteiger partial charge on any atom is -0.352 e. The first-order valence-electron chi connectivity index (χ1n) is 10.9. The van der Waals surface area contributed by atoms with Crippen molar-refractivity contribution >= 4 is 27.8 Å². The number of fused-ring (bicyclic) bond motifs is 3. The van der Waals surface area contributed by atoms with Crippen molar-refractivity contribution < 1.29 is 9.18 Å². The molecule has 6 nitrogen and oxygen atoms in total. The Balaban J connectivity index is 1.81. The Hall–Kier alpha value is -3.48. The number of rotatable bonds is 7. The zero-order chi connectivity index (χ0) is 22.8. The van der Waals surface area contributed by atoms with E-state index in [1.807, 2.05) is 44.2 Å². The maximum atomic E-state index is 14.0. The van der Waals surface area contributed by atoms with Gasteiger partial charge in [-0.15, -0.1) is 0 Å². The van der Waals surface area contributed by atoms with E-state index in [0.717, 1.165) is 12.0 Å². The van der Waals surface area contributed by atoms with Gasteiger partial charge in [0.1, 0.15) is 23.4 Å². The number of nitrogens with zero attached hydrogens (tertiary/aromatic N) is 3. The van der Waals surface area contributed by atoms with Crippen LogP contribution in [0.25, 0.3) is 21.9 Å². The summed E-state index contributed by atoms with van der Waals surface area (Å²) in [5.41, 5.74) is 2.21.